The van der Waals surface area contributed by atoms with Crippen molar-refractivity contribution in [2.24, 2.45) is 0 Å². The summed E-state index contributed by atoms with van der Waals surface area (Å²) in [7, 11) is 0. The maximum absolute atomic E-state index is 11.1. The van der Waals surface area contributed by atoms with Crippen LogP contribution in [0.15, 0.2) is 12.3 Å². The second kappa shape index (κ2) is 6.12. The highest BCUT2D eigenvalue weighted by atomic mass is 127. The number of rotatable bonds is 4. The van der Waals surface area contributed by atoms with Gasteiger partial charge in [-0.15, -0.1) is 0 Å². The van der Waals surface area contributed by atoms with Crippen LogP contribution in [0.2, 0.25) is 5.02 Å². The van der Waals surface area contributed by atoms with E-state index >= 15 is 0 Å². The normalized spacial score (nSPS) is 9.80. The van der Waals surface area contributed by atoms with Gasteiger partial charge in [-0.2, -0.15) is 0 Å². The highest BCUT2D eigenvalue weighted by molar-refractivity contribution is 14.1. The molecule has 0 aliphatic rings. The van der Waals surface area contributed by atoms with E-state index in [1.165, 1.54) is 6.20 Å². The molecular formula is C9H10ClIN2O2. The van der Waals surface area contributed by atoms with Crippen molar-refractivity contribution in [2.45, 2.75) is 6.92 Å². The first-order chi connectivity index (χ1) is 7.13. The van der Waals surface area contributed by atoms with E-state index in [-0.39, 0.29) is 12.5 Å². The second-order valence-electron chi connectivity index (χ2n) is 2.68. The number of amides is 1. The maximum Gasteiger partial charge on any atom is 0.257 e. The van der Waals surface area contributed by atoms with Gasteiger partial charge >= 0.3 is 0 Å². The van der Waals surface area contributed by atoms with Gasteiger partial charge in [0.2, 0.25) is 5.88 Å². The monoisotopic (exact) mass is 340 g/mol. The number of nitrogens with one attached hydrogen (secondary N) is 1. The fourth-order valence-electron chi connectivity index (χ4n) is 0.863. The number of nitrogens with zero attached hydrogens (tertiary/aromatic N) is 1. The second-order valence-corrected chi connectivity index (χ2v) is 4.25. The molecule has 15 heavy (non-hydrogen) atoms. The van der Waals surface area contributed by atoms with Gasteiger partial charge in [0.25, 0.3) is 5.91 Å². The van der Waals surface area contributed by atoms with E-state index in [1.807, 2.05) is 6.92 Å². The van der Waals surface area contributed by atoms with Crippen LogP contribution in [-0.4, -0.2) is 24.0 Å². The molecule has 0 saturated heterocycles. The molecule has 1 amide bonds. The number of hydrogen-bond acceptors (Lipinski definition) is 3. The van der Waals surface area contributed by atoms with Gasteiger partial charge in [-0.1, -0.05) is 11.6 Å². The molecule has 1 rings (SSSR count). The number of carbonyl (C=O) groups excluding carboxylic acids is 1. The van der Waals surface area contributed by atoms with E-state index < -0.39 is 0 Å². The van der Waals surface area contributed by atoms with Gasteiger partial charge in [0.15, 0.2) is 6.61 Å². The molecule has 1 heterocycles. The van der Waals surface area contributed by atoms with Gasteiger partial charge in [-0.05, 0) is 29.5 Å². The Morgan fingerprint density at radius 2 is 2.47 bits per heavy atom. The molecule has 1 aromatic heterocycles. The van der Waals surface area contributed by atoms with Crippen LogP contribution in [-0.2, 0) is 4.79 Å². The van der Waals surface area contributed by atoms with Crippen LogP contribution in [0, 0.1) is 3.57 Å². The van der Waals surface area contributed by atoms with Crippen LogP contribution in [0.1, 0.15) is 6.92 Å². The number of likely N-dealkylation sites (N-methyl/N-ethyl adjacent to an activating group) is 1. The summed E-state index contributed by atoms with van der Waals surface area (Å²) in [6, 6.07) is 1.68. The lowest BCUT2D eigenvalue weighted by molar-refractivity contribution is -0.123. The largest absolute Gasteiger partial charge is 0.468 e. The molecule has 0 aliphatic heterocycles. The Balaban J connectivity index is 2.51. The molecule has 0 saturated carbocycles. The Morgan fingerprint density at radius 3 is 3.07 bits per heavy atom. The SMILES string of the molecule is CCNC(=O)COc1cc(I)c(Cl)cn1. The van der Waals surface area contributed by atoms with Crippen LogP contribution in [0.25, 0.3) is 0 Å². The van der Waals surface area contributed by atoms with Crippen molar-refractivity contribution < 1.29 is 9.53 Å². The molecule has 82 valence electrons. The first-order valence-corrected chi connectivity index (χ1v) is 5.79. The predicted molar refractivity (Wildman–Crippen MR) is 66.1 cm³/mol. The highest BCUT2D eigenvalue weighted by Crippen LogP contribution is 2.20. The van der Waals surface area contributed by atoms with Gasteiger partial charge < -0.3 is 10.1 Å². The minimum Gasteiger partial charge on any atom is -0.468 e. The van der Waals surface area contributed by atoms with Crippen LogP contribution in [0.5, 0.6) is 5.88 Å². The van der Waals surface area contributed by atoms with Gasteiger partial charge in [0.1, 0.15) is 0 Å². The molecule has 0 unspecified atom stereocenters. The average Bonchev–Trinajstić information content (AvgIpc) is 2.20. The summed E-state index contributed by atoms with van der Waals surface area (Å²) < 4.78 is 6.01. The molecule has 4 nitrogen and oxygen atoms in total. The van der Waals surface area contributed by atoms with E-state index in [9.17, 15) is 4.79 Å². The van der Waals surface area contributed by atoms with Crippen molar-refractivity contribution in [1.82, 2.24) is 10.3 Å². The minimum absolute atomic E-state index is 0.0292. The number of halogens is 2. The summed E-state index contributed by atoms with van der Waals surface area (Å²) in [5.41, 5.74) is 0. The van der Waals surface area contributed by atoms with E-state index in [4.69, 9.17) is 16.3 Å². The molecule has 0 spiro atoms. The number of carbonyl (C=O) groups is 1. The fraction of sp³-hybridized carbons (Fsp3) is 0.333. The number of pyridine rings is 1. The molecule has 0 aromatic carbocycles. The standard InChI is InChI=1S/C9H10ClIN2O2/c1-2-12-8(14)5-15-9-3-7(11)6(10)4-13-9/h3-4H,2,5H2,1H3,(H,12,14). The van der Waals surface area contributed by atoms with Crippen LogP contribution in [0.3, 0.4) is 0 Å². The molecule has 6 heteroatoms. The van der Waals surface area contributed by atoms with Crippen molar-refractivity contribution in [3.05, 3.63) is 20.9 Å². The summed E-state index contributed by atoms with van der Waals surface area (Å²) in [5, 5.41) is 3.19. The molecule has 0 fully saturated rings. The lowest BCUT2D eigenvalue weighted by Crippen LogP contribution is -2.28. The van der Waals surface area contributed by atoms with Crippen molar-refractivity contribution in [2.75, 3.05) is 13.2 Å². The van der Waals surface area contributed by atoms with Gasteiger partial charge in [0, 0.05) is 16.2 Å². The van der Waals surface area contributed by atoms with Crippen molar-refractivity contribution in [3.63, 3.8) is 0 Å². The topological polar surface area (TPSA) is 51.2 Å². The van der Waals surface area contributed by atoms with E-state index in [1.54, 1.807) is 6.07 Å². The van der Waals surface area contributed by atoms with Crippen LogP contribution >= 0.6 is 34.2 Å². The third kappa shape index (κ3) is 4.21. The zero-order chi connectivity index (χ0) is 11.3. The minimum atomic E-state index is -0.163. The van der Waals surface area contributed by atoms with Crippen LogP contribution < -0.4 is 10.1 Å². The first-order valence-electron chi connectivity index (χ1n) is 4.34. The number of hydrogen-bond donors (Lipinski definition) is 1. The maximum atomic E-state index is 11.1. The summed E-state index contributed by atoms with van der Waals surface area (Å²) in [5.74, 6) is 0.235. The molecule has 1 N–H and O–H groups in total. The summed E-state index contributed by atoms with van der Waals surface area (Å²) >= 11 is 7.86. The van der Waals surface area contributed by atoms with E-state index in [0.29, 0.717) is 17.4 Å². The van der Waals surface area contributed by atoms with Crippen LogP contribution in [0.4, 0.5) is 0 Å². The van der Waals surface area contributed by atoms with Crippen molar-refractivity contribution in [3.8, 4) is 5.88 Å². The highest BCUT2D eigenvalue weighted by Gasteiger charge is 2.04. The van der Waals surface area contributed by atoms with Gasteiger partial charge in [0.05, 0.1) is 11.2 Å². The summed E-state index contributed by atoms with van der Waals surface area (Å²) in [6.45, 7) is 2.41. The predicted octanol–water partition coefficient (Wildman–Crippen LogP) is 1.85. The van der Waals surface area contributed by atoms with Gasteiger partial charge in [-0.3, -0.25) is 4.79 Å². The molecule has 0 radical (unpaired) electrons. The number of ether oxygens (including phenoxy) is 1. The lowest BCUT2D eigenvalue weighted by Gasteiger charge is -2.05. The molecular weight excluding hydrogens is 330 g/mol. The third-order valence-electron chi connectivity index (χ3n) is 1.51. The molecule has 1 aromatic rings. The Hall–Kier alpha value is -0.560. The Kier molecular flexibility index (Phi) is 5.10. The Labute approximate surface area is 107 Å². The van der Waals surface area contributed by atoms with E-state index in [2.05, 4.69) is 32.9 Å². The van der Waals surface area contributed by atoms with Crippen molar-refractivity contribution in [1.29, 1.82) is 0 Å². The lowest BCUT2D eigenvalue weighted by atomic mass is 10.5. The first kappa shape index (κ1) is 12.5. The molecule has 0 bridgehead atoms. The zero-order valence-electron chi connectivity index (χ0n) is 8.09. The Morgan fingerprint density at radius 1 is 1.73 bits per heavy atom. The zero-order valence-corrected chi connectivity index (χ0v) is 11.0. The number of aromatic nitrogens is 1. The molecule has 0 atom stereocenters. The Bertz CT molecular complexity index is 360. The quantitative estimate of drug-likeness (QED) is 0.851. The summed E-state index contributed by atoms with van der Waals surface area (Å²) in [6.07, 6.45) is 1.50. The van der Waals surface area contributed by atoms with E-state index in [0.717, 1.165) is 3.57 Å². The van der Waals surface area contributed by atoms with Gasteiger partial charge in [-0.25, -0.2) is 4.98 Å². The fourth-order valence-corrected chi connectivity index (χ4v) is 1.37. The smallest absolute Gasteiger partial charge is 0.257 e. The average molecular weight is 341 g/mol. The summed E-state index contributed by atoms with van der Waals surface area (Å²) in [4.78, 5) is 15.0. The van der Waals surface area contributed by atoms with Crippen molar-refractivity contribution >= 4 is 40.1 Å². The molecule has 0 aliphatic carbocycles. The third-order valence-corrected chi connectivity index (χ3v) is 3.02.